The van der Waals surface area contributed by atoms with Gasteiger partial charge in [0, 0.05) is 68.8 Å². The first-order valence-corrected chi connectivity index (χ1v) is 9.84. The predicted molar refractivity (Wildman–Crippen MR) is 110 cm³/mol. The molecule has 1 N–H and O–H groups in total. The Morgan fingerprint density at radius 1 is 1.32 bits per heavy atom. The number of aryl methyl sites for hydroxylation is 1. The van der Waals surface area contributed by atoms with Crippen molar-refractivity contribution in [1.82, 2.24) is 30.0 Å². The van der Waals surface area contributed by atoms with Gasteiger partial charge in [0.2, 0.25) is 5.82 Å². The molecule has 3 rings (SSSR count). The molecule has 0 aliphatic carbocycles. The van der Waals surface area contributed by atoms with Gasteiger partial charge in [-0.25, -0.2) is 9.97 Å². The number of hydrogen-bond acceptors (Lipinski definition) is 6. The van der Waals surface area contributed by atoms with Crippen molar-refractivity contribution in [2.24, 2.45) is 0 Å². The lowest BCUT2D eigenvalue weighted by molar-refractivity contribution is 0.0815. The van der Waals surface area contributed by atoms with E-state index in [1.807, 2.05) is 24.7 Å². The SMILES string of the molecule is Cc1nc(C(=O)N(C)C)nc(N2CC[C@@H](NCc3cnn(C(C)C)c3)C2)c1C. The van der Waals surface area contributed by atoms with Gasteiger partial charge in [-0.3, -0.25) is 9.48 Å². The largest absolute Gasteiger partial charge is 0.355 e. The number of amides is 1. The summed E-state index contributed by atoms with van der Waals surface area (Å²) in [5.41, 5.74) is 3.09. The van der Waals surface area contributed by atoms with E-state index >= 15 is 0 Å². The van der Waals surface area contributed by atoms with Crippen molar-refractivity contribution in [3.05, 3.63) is 35.0 Å². The summed E-state index contributed by atoms with van der Waals surface area (Å²) in [6, 6.07) is 0.754. The van der Waals surface area contributed by atoms with Gasteiger partial charge in [-0.1, -0.05) is 0 Å². The van der Waals surface area contributed by atoms with Crippen LogP contribution in [0.1, 0.15) is 53.7 Å². The minimum absolute atomic E-state index is 0.166. The van der Waals surface area contributed by atoms with E-state index in [0.29, 0.717) is 12.1 Å². The first-order chi connectivity index (χ1) is 13.3. The van der Waals surface area contributed by atoms with Gasteiger partial charge in [-0.2, -0.15) is 5.10 Å². The van der Waals surface area contributed by atoms with Crippen LogP contribution in [0.15, 0.2) is 12.4 Å². The van der Waals surface area contributed by atoms with Gasteiger partial charge in [0.15, 0.2) is 0 Å². The molecule has 0 saturated carbocycles. The molecule has 2 aromatic heterocycles. The molecular weight excluding hydrogens is 354 g/mol. The van der Waals surface area contributed by atoms with Crippen LogP contribution < -0.4 is 10.2 Å². The number of rotatable bonds is 6. The lowest BCUT2D eigenvalue weighted by Crippen LogP contribution is -2.33. The fourth-order valence-electron chi connectivity index (χ4n) is 3.35. The van der Waals surface area contributed by atoms with E-state index in [2.05, 4.69) is 45.3 Å². The topological polar surface area (TPSA) is 79.2 Å². The molecule has 0 radical (unpaired) electrons. The van der Waals surface area contributed by atoms with E-state index < -0.39 is 0 Å². The number of carbonyl (C=O) groups is 1. The van der Waals surface area contributed by atoms with Crippen LogP contribution in [0.25, 0.3) is 0 Å². The number of aromatic nitrogens is 4. The first kappa shape index (κ1) is 20.3. The second kappa shape index (κ2) is 8.26. The van der Waals surface area contributed by atoms with Crippen molar-refractivity contribution in [3.8, 4) is 0 Å². The first-order valence-electron chi connectivity index (χ1n) is 9.84. The maximum atomic E-state index is 12.3. The van der Waals surface area contributed by atoms with Crippen LogP contribution >= 0.6 is 0 Å². The second-order valence-corrected chi connectivity index (χ2v) is 8.02. The highest BCUT2D eigenvalue weighted by atomic mass is 16.2. The van der Waals surface area contributed by atoms with Crippen molar-refractivity contribution in [2.45, 2.75) is 52.7 Å². The smallest absolute Gasteiger partial charge is 0.291 e. The van der Waals surface area contributed by atoms with Crippen molar-refractivity contribution < 1.29 is 4.79 Å². The standard InChI is InChI=1S/C20H31N7O/c1-13(2)27-11-16(10-22-27)9-21-17-7-8-26(12-17)19-14(3)15(4)23-18(24-19)20(28)25(5)6/h10-11,13,17,21H,7-9,12H2,1-6H3/t17-/m1/s1. The van der Waals surface area contributed by atoms with Crippen LogP contribution in [0.4, 0.5) is 5.82 Å². The average molecular weight is 386 g/mol. The molecule has 0 aromatic carbocycles. The quantitative estimate of drug-likeness (QED) is 0.819. The van der Waals surface area contributed by atoms with Gasteiger partial charge < -0.3 is 15.1 Å². The van der Waals surface area contributed by atoms with Crippen molar-refractivity contribution in [2.75, 3.05) is 32.1 Å². The minimum atomic E-state index is -0.166. The molecule has 0 unspecified atom stereocenters. The molecule has 1 saturated heterocycles. The van der Waals surface area contributed by atoms with Crippen LogP contribution in [0, 0.1) is 13.8 Å². The van der Waals surface area contributed by atoms with Gasteiger partial charge in [0.1, 0.15) is 5.82 Å². The zero-order valence-electron chi connectivity index (χ0n) is 17.7. The summed E-state index contributed by atoms with van der Waals surface area (Å²) >= 11 is 0. The molecule has 1 aliphatic heterocycles. The van der Waals surface area contributed by atoms with Crippen molar-refractivity contribution in [3.63, 3.8) is 0 Å². The van der Waals surface area contributed by atoms with Gasteiger partial charge >= 0.3 is 0 Å². The molecule has 28 heavy (non-hydrogen) atoms. The third-order valence-electron chi connectivity index (χ3n) is 5.23. The molecule has 1 aliphatic rings. The van der Waals surface area contributed by atoms with Gasteiger partial charge in [0.25, 0.3) is 5.91 Å². The Balaban J connectivity index is 1.66. The highest BCUT2D eigenvalue weighted by molar-refractivity contribution is 5.90. The molecule has 152 valence electrons. The maximum absolute atomic E-state index is 12.3. The number of hydrogen-bond donors (Lipinski definition) is 1. The van der Waals surface area contributed by atoms with Crippen LogP contribution in [0.2, 0.25) is 0 Å². The Morgan fingerprint density at radius 2 is 2.07 bits per heavy atom. The van der Waals surface area contributed by atoms with E-state index in [9.17, 15) is 4.79 Å². The number of anilines is 1. The van der Waals surface area contributed by atoms with Crippen LogP contribution in [0.3, 0.4) is 0 Å². The Morgan fingerprint density at radius 3 is 2.71 bits per heavy atom. The third kappa shape index (κ3) is 4.32. The van der Waals surface area contributed by atoms with Crippen molar-refractivity contribution >= 4 is 11.7 Å². The summed E-state index contributed by atoms with van der Waals surface area (Å²) in [5, 5.41) is 8.02. The number of nitrogens with one attached hydrogen (secondary N) is 1. The Kier molecular flexibility index (Phi) is 5.98. The average Bonchev–Trinajstić information content (AvgIpc) is 3.30. The zero-order valence-corrected chi connectivity index (χ0v) is 17.7. The van der Waals surface area contributed by atoms with E-state index in [4.69, 9.17) is 0 Å². The Labute approximate surface area is 167 Å². The van der Waals surface area contributed by atoms with Gasteiger partial charge in [-0.05, 0) is 34.1 Å². The summed E-state index contributed by atoms with van der Waals surface area (Å²) in [5.74, 6) is 0.968. The summed E-state index contributed by atoms with van der Waals surface area (Å²) in [4.78, 5) is 25.1. The minimum Gasteiger partial charge on any atom is -0.355 e. The maximum Gasteiger partial charge on any atom is 0.291 e. The monoisotopic (exact) mass is 385 g/mol. The lowest BCUT2D eigenvalue weighted by atomic mass is 10.2. The summed E-state index contributed by atoms with van der Waals surface area (Å²) in [7, 11) is 3.44. The second-order valence-electron chi connectivity index (χ2n) is 8.02. The number of nitrogens with zero attached hydrogens (tertiary/aromatic N) is 6. The van der Waals surface area contributed by atoms with E-state index in [0.717, 1.165) is 43.1 Å². The Bertz CT molecular complexity index is 843. The molecule has 1 amide bonds. The molecule has 8 heteroatoms. The number of carbonyl (C=O) groups excluding carboxylic acids is 1. The van der Waals surface area contributed by atoms with Crippen LogP contribution in [-0.4, -0.2) is 63.8 Å². The van der Waals surface area contributed by atoms with Crippen LogP contribution in [0.5, 0.6) is 0 Å². The molecule has 8 nitrogen and oxygen atoms in total. The fraction of sp³-hybridized carbons (Fsp3) is 0.600. The predicted octanol–water partition coefficient (Wildman–Crippen LogP) is 1.94. The molecule has 0 bridgehead atoms. The summed E-state index contributed by atoms with van der Waals surface area (Å²) in [6.07, 6.45) is 5.07. The molecule has 1 fully saturated rings. The molecule has 2 aromatic rings. The molecule has 0 spiro atoms. The summed E-state index contributed by atoms with van der Waals surface area (Å²) in [6.45, 7) is 10.8. The zero-order chi connectivity index (χ0) is 20.4. The highest BCUT2D eigenvalue weighted by Crippen LogP contribution is 2.24. The Hall–Kier alpha value is -2.48. The molecule has 3 heterocycles. The molecule has 1 atom stereocenters. The van der Waals surface area contributed by atoms with E-state index in [1.165, 1.54) is 10.5 Å². The highest BCUT2D eigenvalue weighted by Gasteiger charge is 2.26. The van der Waals surface area contributed by atoms with Crippen LogP contribution in [-0.2, 0) is 6.54 Å². The third-order valence-corrected chi connectivity index (χ3v) is 5.23. The fourth-order valence-corrected chi connectivity index (χ4v) is 3.35. The van der Waals surface area contributed by atoms with E-state index in [-0.39, 0.29) is 11.7 Å². The molecular formula is C20H31N7O. The van der Waals surface area contributed by atoms with Crippen molar-refractivity contribution in [1.29, 1.82) is 0 Å². The summed E-state index contributed by atoms with van der Waals surface area (Å²) < 4.78 is 1.98. The van der Waals surface area contributed by atoms with Gasteiger partial charge in [-0.15, -0.1) is 0 Å². The van der Waals surface area contributed by atoms with E-state index in [1.54, 1.807) is 14.1 Å². The lowest BCUT2D eigenvalue weighted by Gasteiger charge is -2.22. The van der Waals surface area contributed by atoms with Gasteiger partial charge in [0.05, 0.1) is 6.20 Å². The normalized spacial score (nSPS) is 16.8.